The number of hydrogen-bond acceptors (Lipinski definition) is 3. The molecule has 6 heteroatoms. The summed E-state index contributed by atoms with van der Waals surface area (Å²) < 4.78 is 28.5. The van der Waals surface area contributed by atoms with Crippen LogP contribution in [0.2, 0.25) is 0 Å². The van der Waals surface area contributed by atoms with Gasteiger partial charge in [-0.2, -0.15) is 0 Å². The number of benzene rings is 1. The fraction of sp³-hybridized carbons (Fsp3) is 0.333. The fourth-order valence-corrected chi connectivity index (χ4v) is 1.65. The van der Waals surface area contributed by atoms with Crippen molar-refractivity contribution in [2.24, 2.45) is 0 Å². The van der Waals surface area contributed by atoms with Crippen molar-refractivity contribution in [3.05, 3.63) is 41.7 Å². The van der Waals surface area contributed by atoms with Gasteiger partial charge in [-0.15, -0.1) is 5.10 Å². The molecule has 0 fully saturated rings. The Morgan fingerprint density at radius 3 is 2.67 bits per heavy atom. The highest BCUT2D eigenvalue weighted by Crippen LogP contribution is 2.17. The number of nitrogens with one attached hydrogen (secondary N) is 1. The quantitative estimate of drug-likeness (QED) is 0.828. The standard InChI is InChI=1S/C12H14F2N4/c1-2-6-15-7-9-8-16-17-18(9)12-10(13)4-3-5-11(12)14/h3-5,8,15H,2,6-7H2,1H3. The molecule has 0 aliphatic rings. The van der Waals surface area contributed by atoms with E-state index in [1.807, 2.05) is 6.92 Å². The molecule has 1 heterocycles. The second kappa shape index (κ2) is 5.68. The minimum Gasteiger partial charge on any atom is -0.311 e. The number of rotatable bonds is 5. The maximum absolute atomic E-state index is 13.6. The van der Waals surface area contributed by atoms with Crippen molar-refractivity contribution in [1.82, 2.24) is 20.3 Å². The normalized spacial score (nSPS) is 10.8. The third-order valence-corrected chi connectivity index (χ3v) is 2.50. The molecule has 96 valence electrons. The lowest BCUT2D eigenvalue weighted by Gasteiger charge is -2.08. The van der Waals surface area contributed by atoms with Gasteiger partial charge >= 0.3 is 0 Å². The Hall–Kier alpha value is -1.82. The Morgan fingerprint density at radius 2 is 2.00 bits per heavy atom. The molecular weight excluding hydrogens is 238 g/mol. The van der Waals surface area contributed by atoms with E-state index in [9.17, 15) is 8.78 Å². The zero-order chi connectivity index (χ0) is 13.0. The van der Waals surface area contributed by atoms with E-state index in [2.05, 4.69) is 15.6 Å². The number of para-hydroxylation sites is 1. The molecule has 0 saturated heterocycles. The van der Waals surface area contributed by atoms with Crippen LogP contribution in [-0.2, 0) is 6.54 Å². The zero-order valence-electron chi connectivity index (χ0n) is 10.0. The maximum Gasteiger partial charge on any atom is 0.151 e. The molecule has 0 saturated carbocycles. The lowest BCUT2D eigenvalue weighted by atomic mass is 10.3. The lowest BCUT2D eigenvalue weighted by Crippen LogP contribution is -2.17. The summed E-state index contributed by atoms with van der Waals surface area (Å²) in [6.45, 7) is 3.33. The van der Waals surface area contributed by atoms with Crippen molar-refractivity contribution in [2.45, 2.75) is 19.9 Å². The first-order valence-electron chi connectivity index (χ1n) is 5.78. The summed E-state index contributed by atoms with van der Waals surface area (Å²) in [5, 5.41) is 10.6. The van der Waals surface area contributed by atoms with Gasteiger partial charge in [0, 0.05) is 6.54 Å². The number of aromatic nitrogens is 3. The predicted molar refractivity (Wildman–Crippen MR) is 63.3 cm³/mol. The molecule has 2 aromatic rings. The maximum atomic E-state index is 13.6. The van der Waals surface area contributed by atoms with Gasteiger partial charge in [-0.25, -0.2) is 13.5 Å². The average molecular weight is 252 g/mol. The molecule has 0 bridgehead atoms. The van der Waals surface area contributed by atoms with Crippen LogP contribution in [0.5, 0.6) is 0 Å². The van der Waals surface area contributed by atoms with Crippen molar-refractivity contribution in [3.63, 3.8) is 0 Å². The van der Waals surface area contributed by atoms with Gasteiger partial charge in [-0.3, -0.25) is 0 Å². The van der Waals surface area contributed by atoms with E-state index in [0.29, 0.717) is 12.2 Å². The van der Waals surface area contributed by atoms with Gasteiger partial charge < -0.3 is 5.32 Å². The minimum atomic E-state index is -0.655. The molecule has 0 amide bonds. The van der Waals surface area contributed by atoms with Gasteiger partial charge in [-0.05, 0) is 25.1 Å². The van der Waals surface area contributed by atoms with Crippen LogP contribution in [0.1, 0.15) is 19.0 Å². The Morgan fingerprint density at radius 1 is 1.28 bits per heavy atom. The topological polar surface area (TPSA) is 42.7 Å². The van der Waals surface area contributed by atoms with Gasteiger partial charge in [-0.1, -0.05) is 18.2 Å². The van der Waals surface area contributed by atoms with Gasteiger partial charge in [0.15, 0.2) is 11.6 Å². The molecule has 4 nitrogen and oxygen atoms in total. The van der Waals surface area contributed by atoms with Crippen molar-refractivity contribution >= 4 is 0 Å². The van der Waals surface area contributed by atoms with E-state index in [1.165, 1.54) is 29.1 Å². The summed E-state index contributed by atoms with van der Waals surface area (Å²) in [6.07, 6.45) is 2.48. The van der Waals surface area contributed by atoms with E-state index >= 15 is 0 Å². The van der Waals surface area contributed by atoms with Gasteiger partial charge in [0.25, 0.3) is 0 Å². The molecule has 18 heavy (non-hydrogen) atoms. The first kappa shape index (κ1) is 12.6. The number of halogens is 2. The zero-order valence-corrected chi connectivity index (χ0v) is 10.0. The van der Waals surface area contributed by atoms with Crippen LogP contribution in [0.25, 0.3) is 5.69 Å². The summed E-state index contributed by atoms with van der Waals surface area (Å²) in [4.78, 5) is 0. The van der Waals surface area contributed by atoms with Crippen molar-refractivity contribution in [1.29, 1.82) is 0 Å². The van der Waals surface area contributed by atoms with E-state index < -0.39 is 11.6 Å². The third kappa shape index (κ3) is 2.53. The molecule has 0 atom stereocenters. The Bertz CT molecular complexity index is 504. The van der Waals surface area contributed by atoms with Crippen LogP contribution in [0.3, 0.4) is 0 Å². The second-order valence-corrected chi connectivity index (χ2v) is 3.88. The van der Waals surface area contributed by atoms with Crippen molar-refractivity contribution in [2.75, 3.05) is 6.54 Å². The highest BCUT2D eigenvalue weighted by Gasteiger charge is 2.14. The largest absolute Gasteiger partial charge is 0.311 e. The molecule has 1 aromatic carbocycles. The van der Waals surface area contributed by atoms with E-state index in [1.54, 1.807) is 0 Å². The summed E-state index contributed by atoms with van der Waals surface area (Å²) in [5.74, 6) is -1.31. The fourth-order valence-electron chi connectivity index (χ4n) is 1.65. The van der Waals surface area contributed by atoms with Crippen LogP contribution in [0, 0.1) is 11.6 Å². The molecular formula is C12H14F2N4. The summed E-state index contributed by atoms with van der Waals surface area (Å²) in [6, 6.07) is 3.72. The molecule has 0 aliphatic heterocycles. The monoisotopic (exact) mass is 252 g/mol. The SMILES string of the molecule is CCCNCc1cnnn1-c1c(F)cccc1F. The lowest BCUT2D eigenvalue weighted by molar-refractivity contribution is 0.546. The van der Waals surface area contributed by atoms with Crippen molar-refractivity contribution in [3.8, 4) is 5.69 Å². The van der Waals surface area contributed by atoms with Crippen LogP contribution in [-0.4, -0.2) is 21.5 Å². The number of nitrogens with zero attached hydrogens (tertiary/aromatic N) is 3. The number of hydrogen-bond donors (Lipinski definition) is 1. The average Bonchev–Trinajstić information content (AvgIpc) is 2.78. The van der Waals surface area contributed by atoms with Crippen LogP contribution in [0.4, 0.5) is 8.78 Å². The smallest absolute Gasteiger partial charge is 0.151 e. The van der Waals surface area contributed by atoms with Crippen LogP contribution < -0.4 is 5.32 Å². The van der Waals surface area contributed by atoms with Crippen molar-refractivity contribution < 1.29 is 8.78 Å². The summed E-state index contributed by atoms with van der Waals surface area (Å²) in [7, 11) is 0. The minimum absolute atomic E-state index is 0.191. The molecule has 0 aliphatic carbocycles. The molecule has 2 rings (SSSR count). The van der Waals surface area contributed by atoms with E-state index in [4.69, 9.17) is 0 Å². The second-order valence-electron chi connectivity index (χ2n) is 3.88. The third-order valence-electron chi connectivity index (χ3n) is 2.50. The van der Waals surface area contributed by atoms with E-state index in [0.717, 1.165) is 13.0 Å². The Kier molecular flexibility index (Phi) is 3.99. The van der Waals surface area contributed by atoms with Crippen LogP contribution in [0.15, 0.2) is 24.4 Å². The summed E-state index contributed by atoms with van der Waals surface area (Å²) >= 11 is 0. The Labute approximate surface area is 104 Å². The predicted octanol–water partition coefficient (Wildman–Crippen LogP) is 2.05. The molecule has 0 radical (unpaired) electrons. The van der Waals surface area contributed by atoms with Gasteiger partial charge in [0.1, 0.15) is 5.69 Å². The first-order chi connectivity index (χ1) is 8.74. The Balaban J connectivity index is 2.31. The van der Waals surface area contributed by atoms with Crippen LogP contribution >= 0.6 is 0 Å². The highest BCUT2D eigenvalue weighted by atomic mass is 19.1. The molecule has 1 aromatic heterocycles. The molecule has 0 spiro atoms. The first-order valence-corrected chi connectivity index (χ1v) is 5.78. The highest BCUT2D eigenvalue weighted by molar-refractivity contribution is 5.35. The van der Waals surface area contributed by atoms with E-state index in [-0.39, 0.29) is 5.69 Å². The molecule has 1 N–H and O–H groups in total. The van der Waals surface area contributed by atoms with Gasteiger partial charge in [0.05, 0.1) is 11.9 Å². The summed E-state index contributed by atoms with van der Waals surface area (Å²) in [5.41, 5.74) is 0.427. The van der Waals surface area contributed by atoms with Gasteiger partial charge in [0.2, 0.25) is 0 Å². The molecule has 0 unspecified atom stereocenters.